The van der Waals surface area contributed by atoms with Gasteiger partial charge in [-0.2, -0.15) is 5.26 Å². The number of ether oxygens (including phenoxy) is 1. The summed E-state index contributed by atoms with van der Waals surface area (Å²) >= 11 is 0. The van der Waals surface area contributed by atoms with Crippen molar-refractivity contribution in [2.75, 3.05) is 13.7 Å². The van der Waals surface area contributed by atoms with Crippen molar-refractivity contribution >= 4 is 10.0 Å². The summed E-state index contributed by atoms with van der Waals surface area (Å²) in [6, 6.07) is 6.42. The third-order valence-electron chi connectivity index (χ3n) is 2.82. The molecule has 0 aliphatic rings. The second kappa shape index (κ2) is 6.66. The Labute approximate surface area is 114 Å². The highest BCUT2D eigenvalue weighted by Gasteiger charge is 2.22. The molecule has 0 amide bonds. The first-order chi connectivity index (χ1) is 8.96. The van der Waals surface area contributed by atoms with Crippen molar-refractivity contribution in [1.82, 2.24) is 4.72 Å². The Morgan fingerprint density at radius 1 is 1.47 bits per heavy atom. The van der Waals surface area contributed by atoms with E-state index in [1.165, 1.54) is 13.2 Å². The van der Waals surface area contributed by atoms with Crippen LogP contribution in [0.25, 0.3) is 0 Å². The monoisotopic (exact) mass is 282 g/mol. The van der Waals surface area contributed by atoms with Crippen molar-refractivity contribution in [3.8, 4) is 6.07 Å². The summed E-state index contributed by atoms with van der Waals surface area (Å²) in [5.41, 5.74) is 0.826. The van der Waals surface area contributed by atoms with Gasteiger partial charge in [-0.3, -0.25) is 0 Å². The molecule has 0 aliphatic heterocycles. The van der Waals surface area contributed by atoms with E-state index in [4.69, 9.17) is 10.00 Å². The number of nitriles is 1. The summed E-state index contributed by atoms with van der Waals surface area (Å²) in [4.78, 5) is 0.0181. The fourth-order valence-corrected chi connectivity index (χ4v) is 3.26. The van der Waals surface area contributed by atoms with Crippen LogP contribution < -0.4 is 4.72 Å². The summed E-state index contributed by atoms with van der Waals surface area (Å²) in [5.74, 6) is 0. The van der Waals surface area contributed by atoms with Crippen molar-refractivity contribution in [3.63, 3.8) is 0 Å². The molecule has 1 aromatic carbocycles. The van der Waals surface area contributed by atoms with Crippen LogP contribution in [0.3, 0.4) is 0 Å². The Kier molecular flexibility index (Phi) is 5.48. The summed E-state index contributed by atoms with van der Waals surface area (Å²) < 4.78 is 32.1. The third-order valence-corrected chi connectivity index (χ3v) is 4.38. The van der Waals surface area contributed by atoms with E-state index in [0.29, 0.717) is 18.6 Å². The summed E-state index contributed by atoms with van der Waals surface area (Å²) in [6.07, 6.45) is 0.612. The molecule has 0 fully saturated rings. The molecule has 1 rings (SSSR count). The van der Waals surface area contributed by atoms with Crippen molar-refractivity contribution in [2.24, 2.45) is 0 Å². The molecule has 6 heteroatoms. The molecule has 1 unspecified atom stereocenters. The molecule has 104 valence electrons. The van der Waals surface area contributed by atoms with Gasteiger partial charge in [-0.05, 0) is 25.0 Å². The zero-order chi connectivity index (χ0) is 14.5. The molecular formula is C13H18N2O3S. The molecule has 5 nitrogen and oxygen atoms in total. The highest BCUT2D eigenvalue weighted by Crippen LogP contribution is 2.18. The standard InChI is InChI=1S/C13H18N2O3S/c1-4-11(9-18-3)15-19(16,17)13-7-5-6-10(2)12(13)8-14/h5-7,11,15H,4,9H2,1-3H3. The van der Waals surface area contributed by atoms with Crippen molar-refractivity contribution < 1.29 is 13.2 Å². The molecule has 1 atom stereocenters. The molecule has 0 saturated heterocycles. The van der Waals surface area contributed by atoms with Crippen LogP contribution >= 0.6 is 0 Å². The molecule has 0 bridgehead atoms. The molecule has 0 radical (unpaired) electrons. The first-order valence-electron chi connectivity index (χ1n) is 5.97. The van der Waals surface area contributed by atoms with Crippen molar-refractivity contribution in [2.45, 2.75) is 31.2 Å². The van der Waals surface area contributed by atoms with E-state index < -0.39 is 10.0 Å². The van der Waals surface area contributed by atoms with Gasteiger partial charge in [-0.25, -0.2) is 13.1 Å². The predicted octanol–water partition coefficient (Wildman–Crippen LogP) is 1.57. The van der Waals surface area contributed by atoms with Gasteiger partial charge in [0.25, 0.3) is 0 Å². The van der Waals surface area contributed by atoms with Crippen LogP contribution in [0.2, 0.25) is 0 Å². The largest absolute Gasteiger partial charge is 0.383 e. The summed E-state index contributed by atoms with van der Waals surface area (Å²) in [6.45, 7) is 3.88. The number of benzene rings is 1. The van der Waals surface area contributed by atoms with Gasteiger partial charge in [0.05, 0.1) is 12.2 Å². The van der Waals surface area contributed by atoms with Crippen LogP contribution in [-0.2, 0) is 14.8 Å². The van der Waals surface area contributed by atoms with Crippen LogP contribution in [0, 0.1) is 18.3 Å². The maximum absolute atomic E-state index is 12.3. The van der Waals surface area contributed by atoms with Gasteiger partial charge in [-0.1, -0.05) is 19.1 Å². The zero-order valence-electron chi connectivity index (χ0n) is 11.3. The van der Waals surface area contributed by atoms with E-state index in [1.807, 2.05) is 13.0 Å². The average molecular weight is 282 g/mol. The Morgan fingerprint density at radius 2 is 2.16 bits per heavy atom. The van der Waals surface area contributed by atoms with E-state index in [2.05, 4.69) is 4.72 Å². The molecule has 1 aromatic rings. The van der Waals surface area contributed by atoms with Crippen LogP contribution in [-0.4, -0.2) is 28.2 Å². The lowest BCUT2D eigenvalue weighted by Crippen LogP contribution is -2.37. The number of hydrogen-bond acceptors (Lipinski definition) is 4. The lowest BCUT2D eigenvalue weighted by Gasteiger charge is -2.17. The van der Waals surface area contributed by atoms with Gasteiger partial charge in [0.2, 0.25) is 10.0 Å². The lowest BCUT2D eigenvalue weighted by molar-refractivity contribution is 0.173. The van der Waals surface area contributed by atoms with Crippen molar-refractivity contribution in [1.29, 1.82) is 5.26 Å². The zero-order valence-corrected chi connectivity index (χ0v) is 12.1. The predicted molar refractivity (Wildman–Crippen MR) is 72.2 cm³/mol. The van der Waals surface area contributed by atoms with Gasteiger partial charge in [0.1, 0.15) is 11.0 Å². The van der Waals surface area contributed by atoms with Crippen molar-refractivity contribution in [3.05, 3.63) is 29.3 Å². The van der Waals surface area contributed by atoms with E-state index in [1.54, 1.807) is 19.1 Å². The average Bonchev–Trinajstić information content (AvgIpc) is 2.37. The number of aryl methyl sites for hydroxylation is 1. The number of sulfonamides is 1. The molecule has 0 aliphatic carbocycles. The van der Waals surface area contributed by atoms with E-state index in [0.717, 1.165) is 0 Å². The maximum Gasteiger partial charge on any atom is 0.242 e. The van der Waals surface area contributed by atoms with Gasteiger partial charge in [0, 0.05) is 13.2 Å². The fraction of sp³-hybridized carbons (Fsp3) is 0.462. The highest BCUT2D eigenvalue weighted by atomic mass is 32.2. The lowest BCUT2D eigenvalue weighted by atomic mass is 10.1. The SMILES string of the molecule is CCC(COC)NS(=O)(=O)c1cccc(C)c1C#N. The molecule has 0 saturated carbocycles. The Hall–Kier alpha value is -1.42. The molecular weight excluding hydrogens is 264 g/mol. The minimum absolute atomic E-state index is 0.0181. The second-order valence-corrected chi connectivity index (χ2v) is 5.92. The van der Waals surface area contributed by atoms with E-state index >= 15 is 0 Å². The Morgan fingerprint density at radius 3 is 2.68 bits per heavy atom. The fourth-order valence-electron chi connectivity index (χ4n) is 1.73. The smallest absolute Gasteiger partial charge is 0.242 e. The number of nitrogens with one attached hydrogen (secondary N) is 1. The first-order valence-corrected chi connectivity index (χ1v) is 7.45. The van der Waals surface area contributed by atoms with Crippen LogP contribution in [0.15, 0.2) is 23.1 Å². The van der Waals surface area contributed by atoms with Crippen LogP contribution in [0.4, 0.5) is 0 Å². The first kappa shape index (κ1) is 15.6. The number of hydrogen-bond donors (Lipinski definition) is 1. The normalized spacial score (nSPS) is 12.9. The van der Waals surface area contributed by atoms with Gasteiger partial charge in [0.15, 0.2) is 0 Å². The minimum Gasteiger partial charge on any atom is -0.383 e. The summed E-state index contributed by atoms with van der Waals surface area (Å²) in [5, 5.41) is 9.09. The van der Waals surface area contributed by atoms with E-state index in [9.17, 15) is 8.42 Å². The van der Waals surface area contributed by atoms with Gasteiger partial charge < -0.3 is 4.74 Å². The molecule has 19 heavy (non-hydrogen) atoms. The number of nitrogens with zero attached hydrogens (tertiary/aromatic N) is 1. The number of rotatable bonds is 6. The summed E-state index contributed by atoms with van der Waals surface area (Å²) in [7, 11) is -2.19. The van der Waals surface area contributed by atoms with Crippen LogP contribution in [0.1, 0.15) is 24.5 Å². The number of methoxy groups -OCH3 is 1. The second-order valence-electron chi connectivity index (χ2n) is 4.24. The van der Waals surface area contributed by atoms with E-state index in [-0.39, 0.29) is 16.5 Å². The quantitative estimate of drug-likeness (QED) is 0.859. The molecule has 0 heterocycles. The Bertz CT molecular complexity index is 576. The topological polar surface area (TPSA) is 79.2 Å². The molecule has 0 aromatic heterocycles. The highest BCUT2D eigenvalue weighted by molar-refractivity contribution is 7.89. The maximum atomic E-state index is 12.3. The van der Waals surface area contributed by atoms with Gasteiger partial charge in [-0.15, -0.1) is 0 Å². The molecule has 1 N–H and O–H groups in total. The third kappa shape index (κ3) is 3.77. The van der Waals surface area contributed by atoms with Crippen LogP contribution in [0.5, 0.6) is 0 Å². The molecule has 0 spiro atoms. The Balaban J connectivity index is 3.15. The minimum atomic E-state index is -3.71. The van der Waals surface area contributed by atoms with Gasteiger partial charge >= 0.3 is 0 Å².